The highest BCUT2D eigenvalue weighted by Crippen LogP contribution is 2.30. The Labute approximate surface area is 124 Å². The summed E-state index contributed by atoms with van der Waals surface area (Å²) in [6.45, 7) is 7.79. The predicted molar refractivity (Wildman–Crippen MR) is 85.1 cm³/mol. The normalized spacial score (nSPS) is 12.7. The lowest BCUT2D eigenvalue weighted by Crippen LogP contribution is -2.29. The molecule has 20 heavy (non-hydrogen) atoms. The van der Waals surface area contributed by atoms with Gasteiger partial charge in [-0.25, -0.2) is 0 Å². The molecule has 1 N–H and O–H groups in total. The van der Waals surface area contributed by atoms with E-state index in [1.54, 1.807) is 13.3 Å². The van der Waals surface area contributed by atoms with Crippen molar-refractivity contribution in [2.45, 2.75) is 58.9 Å². The first kappa shape index (κ1) is 17.0. The van der Waals surface area contributed by atoms with Crippen molar-refractivity contribution in [3.8, 4) is 5.75 Å². The maximum Gasteiger partial charge on any atom is 0.137 e. The molecule has 0 saturated carbocycles. The minimum Gasteiger partial charge on any atom is -0.495 e. The van der Waals surface area contributed by atoms with Gasteiger partial charge in [-0.2, -0.15) is 0 Å². The summed E-state index contributed by atoms with van der Waals surface area (Å²) in [4.78, 5) is 4.32. The van der Waals surface area contributed by atoms with Crippen LogP contribution in [0.1, 0.15) is 64.5 Å². The number of ether oxygens (including phenoxy) is 1. The summed E-state index contributed by atoms with van der Waals surface area (Å²) in [7, 11) is 1.70. The van der Waals surface area contributed by atoms with E-state index in [-0.39, 0.29) is 0 Å². The van der Waals surface area contributed by atoms with Gasteiger partial charge >= 0.3 is 0 Å². The van der Waals surface area contributed by atoms with Crippen LogP contribution in [0, 0.1) is 5.92 Å². The van der Waals surface area contributed by atoms with Crippen molar-refractivity contribution in [2.24, 2.45) is 5.92 Å². The van der Waals surface area contributed by atoms with E-state index in [0.29, 0.717) is 12.0 Å². The summed E-state index contributed by atoms with van der Waals surface area (Å²) in [5.74, 6) is 1.52. The summed E-state index contributed by atoms with van der Waals surface area (Å²) in [6, 6.07) is 2.51. The van der Waals surface area contributed by atoms with Gasteiger partial charge in [-0.05, 0) is 43.4 Å². The minimum absolute atomic E-state index is 0.387. The van der Waals surface area contributed by atoms with E-state index in [1.165, 1.54) is 31.2 Å². The van der Waals surface area contributed by atoms with Crippen LogP contribution in [0.3, 0.4) is 0 Å². The van der Waals surface area contributed by atoms with Crippen LogP contribution in [0.2, 0.25) is 0 Å². The van der Waals surface area contributed by atoms with Crippen LogP contribution in [0.15, 0.2) is 18.5 Å². The van der Waals surface area contributed by atoms with E-state index in [4.69, 9.17) is 4.74 Å². The minimum atomic E-state index is 0.387. The van der Waals surface area contributed by atoms with Crippen molar-refractivity contribution >= 4 is 0 Å². The number of hydrogen-bond donors (Lipinski definition) is 1. The number of nitrogens with zero attached hydrogens (tertiary/aromatic N) is 1. The number of hydrogen-bond acceptors (Lipinski definition) is 3. The van der Waals surface area contributed by atoms with Crippen LogP contribution in [-0.4, -0.2) is 18.6 Å². The summed E-state index contributed by atoms with van der Waals surface area (Å²) >= 11 is 0. The fourth-order valence-corrected chi connectivity index (χ4v) is 2.79. The van der Waals surface area contributed by atoms with Crippen molar-refractivity contribution in [2.75, 3.05) is 13.7 Å². The summed E-state index contributed by atoms with van der Waals surface area (Å²) < 4.78 is 5.32. The van der Waals surface area contributed by atoms with Crippen LogP contribution in [0.4, 0.5) is 0 Å². The average molecular weight is 278 g/mol. The first-order valence-electron chi connectivity index (χ1n) is 7.99. The van der Waals surface area contributed by atoms with Crippen LogP contribution in [0.25, 0.3) is 0 Å². The molecule has 3 heteroatoms. The number of methoxy groups -OCH3 is 1. The molecule has 0 aliphatic carbocycles. The molecule has 1 atom stereocenters. The van der Waals surface area contributed by atoms with Crippen molar-refractivity contribution in [3.05, 3.63) is 24.0 Å². The Hall–Kier alpha value is -1.09. The largest absolute Gasteiger partial charge is 0.495 e. The Kier molecular flexibility index (Phi) is 8.28. The molecule has 0 bridgehead atoms. The van der Waals surface area contributed by atoms with Gasteiger partial charge < -0.3 is 10.1 Å². The molecule has 0 aromatic carbocycles. The Morgan fingerprint density at radius 1 is 1.10 bits per heavy atom. The monoisotopic (exact) mass is 278 g/mol. The molecule has 0 radical (unpaired) electrons. The number of pyridine rings is 1. The van der Waals surface area contributed by atoms with E-state index < -0.39 is 0 Å². The molecule has 0 aliphatic heterocycles. The van der Waals surface area contributed by atoms with Gasteiger partial charge in [-0.3, -0.25) is 4.98 Å². The maximum absolute atomic E-state index is 5.32. The van der Waals surface area contributed by atoms with Crippen LogP contribution in [-0.2, 0) is 0 Å². The van der Waals surface area contributed by atoms with Gasteiger partial charge in [0.15, 0.2) is 0 Å². The number of aromatic nitrogens is 1. The third-order valence-electron chi connectivity index (χ3n) is 3.73. The van der Waals surface area contributed by atoms with Gasteiger partial charge in [0.25, 0.3) is 0 Å². The van der Waals surface area contributed by atoms with E-state index in [9.17, 15) is 0 Å². The topological polar surface area (TPSA) is 34.2 Å². The molecule has 0 fully saturated rings. The second kappa shape index (κ2) is 9.76. The van der Waals surface area contributed by atoms with Gasteiger partial charge in [0.05, 0.1) is 13.3 Å². The molecular weight excluding hydrogens is 248 g/mol. The lowest BCUT2D eigenvalue weighted by atomic mass is 9.86. The third kappa shape index (κ3) is 5.12. The highest BCUT2D eigenvalue weighted by Gasteiger charge is 2.22. The third-order valence-corrected chi connectivity index (χ3v) is 3.73. The molecule has 1 aromatic heterocycles. The molecule has 1 heterocycles. The van der Waals surface area contributed by atoms with Crippen LogP contribution in [0.5, 0.6) is 5.75 Å². The van der Waals surface area contributed by atoms with Crippen LogP contribution >= 0.6 is 0 Å². The maximum atomic E-state index is 5.32. The SMILES string of the molecule is CCCNC(c1cncc(OC)c1)C(CCC)CCC. The fourth-order valence-electron chi connectivity index (χ4n) is 2.79. The summed E-state index contributed by atoms with van der Waals surface area (Å²) in [5, 5.41) is 3.71. The Morgan fingerprint density at radius 2 is 1.80 bits per heavy atom. The smallest absolute Gasteiger partial charge is 0.137 e. The lowest BCUT2D eigenvalue weighted by Gasteiger charge is -2.28. The first-order chi connectivity index (χ1) is 9.76. The molecule has 1 aromatic rings. The van der Waals surface area contributed by atoms with Crippen LogP contribution < -0.4 is 10.1 Å². The number of nitrogens with one attached hydrogen (secondary N) is 1. The molecular formula is C17H30N2O. The zero-order valence-corrected chi connectivity index (χ0v) is 13.5. The standard InChI is InChI=1S/C17H30N2O/c1-5-8-14(9-6-2)17(19-10-7-3)15-11-16(20-4)13-18-12-15/h11-14,17,19H,5-10H2,1-4H3. The predicted octanol–water partition coefficient (Wildman–Crippen LogP) is 4.35. The van der Waals surface area contributed by atoms with Gasteiger partial charge in [0, 0.05) is 12.2 Å². The van der Waals surface area contributed by atoms with Crippen molar-refractivity contribution in [1.29, 1.82) is 0 Å². The molecule has 114 valence electrons. The molecule has 1 rings (SSSR count). The van der Waals surface area contributed by atoms with Gasteiger partial charge in [0.2, 0.25) is 0 Å². The molecule has 1 unspecified atom stereocenters. The zero-order valence-electron chi connectivity index (χ0n) is 13.5. The highest BCUT2D eigenvalue weighted by molar-refractivity contribution is 5.26. The number of rotatable bonds is 10. The molecule has 0 amide bonds. The Balaban J connectivity index is 2.94. The second-order valence-corrected chi connectivity index (χ2v) is 5.43. The quantitative estimate of drug-likeness (QED) is 0.691. The van der Waals surface area contributed by atoms with E-state index >= 15 is 0 Å². The summed E-state index contributed by atoms with van der Waals surface area (Å²) in [6.07, 6.45) is 9.87. The van der Waals surface area contributed by atoms with E-state index in [0.717, 1.165) is 18.7 Å². The van der Waals surface area contributed by atoms with Crippen molar-refractivity contribution in [1.82, 2.24) is 10.3 Å². The van der Waals surface area contributed by atoms with Gasteiger partial charge in [-0.15, -0.1) is 0 Å². The lowest BCUT2D eigenvalue weighted by molar-refractivity contribution is 0.314. The van der Waals surface area contributed by atoms with Crippen molar-refractivity contribution < 1.29 is 4.74 Å². The molecule has 0 saturated heterocycles. The molecule has 3 nitrogen and oxygen atoms in total. The van der Waals surface area contributed by atoms with Crippen molar-refractivity contribution in [3.63, 3.8) is 0 Å². The molecule has 0 spiro atoms. The zero-order chi connectivity index (χ0) is 14.8. The second-order valence-electron chi connectivity index (χ2n) is 5.43. The van der Waals surface area contributed by atoms with E-state index in [2.05, 4.69) is 37.1 Å². The Bertz CT molecular complexity index is 362. The average Bonchev–Trinajstić information content (AvgIpc) is 2.48. The fraction of sp³-hybridized carbons (Fsp3) is 0.706. The van der Waals surface area contributed by atoms with E-state index in [1.807, 2.05) is 6.20 Å². The highest BCUT2D eigenvalue weighted by atomic mass is 16.5. The Morgan fingerprint density at radius 3 is 2.35 bits per heavy atom. The molecule has 0 aliphatic rings. The summed E-state index contributed by atoms with van der Waals surface area (Å²) in [5.41, 5.74) is 1.25. The first-order valence-corrected chi connectivity index (χ1v) is 7.99. The van der Waals surface area contributed by atoms with Gasteiger partial charge in [0.1, 0.15) is 5.75 Å². The van der Waals surface area contributed by atoms with Gasteiger partial charge in [-0.1, -0.05) is 33.6 Å².